The molecule has 1 aromatic heterocycles. The standard InChI is InChI=1S/C23H19N3O2S2/c1-2-28-17-12-10-16(11-13-17)21(27)25-22(29)26-23-24-20(14-30-23)19-9-5-7-15-6-3-4-8-18(15)19/h3-14H,2H2,1H3,(H2,24,25,26,27,29). The van der Waals surface area contributed by atoms with Gasteiger partial charge < -0.3 is 10.1 Å². The van der Waals surface area contributed by atoms with E-state index in [4.69, 9.17) is 17.0 Å². The molecule has 1 heterocycles. The van der Waals surface area contributed by atoms with E-state index in [0.29, 0.717) is 17.3 Å². The minimum atomic E-state index is -0.290. The van der Waals surface area contributed by atoms with Gasteiger partial charge in [-0.2, -0.15) is 0 Å². The van der Waals surface area contributed by atoms with E-state index in [-0.39, 0.29) is 11.0 Å². The lowest BCUT2D eigenvalue weighted by atomic mass is 10.0. The van der Waals surface area contributed by atoms with E-state index in [1.54, 1.807) is 24.3 Å². The van der Waals surface area contributed by atoms with Crippen molar-refractivity contribution in [3.05, 3.63) is 77.7 Å². The molecule has 4 rings (SSSR count). The molecule has 5 nitrogen and oxygen atoms in total. The van der Waals surface area contributed by atoms with Crippen molar-refractivity contribution in [1.29, 1.82) is 0 Å². The van der Waals surface area contributed by atoms with E-state index in [9.17, 15) is 4.79 Å². The predicted octanol–water partition coefficient (Wildman–Crippen LogP) is 5.49. The average molecular weight is 434 g/mol. The van der Waals surface area contributed by atoms with Gasteiger partial charge >= 0.3 is 0 Å². The topological polar surface area (TPSA) is 63.2 Å². The molecule has 30 heavy (non-hydrogen) atoms. The summed E-state index contributed by atoms with van der Waals surface area (Å²) in [6, 6.07) is 21.3. The molecular weight excluding hydrogens is 414 g/mol. The highest BCUT2D eigenvalue weighted by Crippen LogP contribution is 2.30. The van der Waals surface area contributed by atoms with E-state index in [2.05, 4.69) is 33.8 Å². The van der Waals surface area contributed by atoms with Crippen LogP contribution in [-0.4, -0.2) is 22.6 Å². The number of ether oxygens (including phenoxy) is 1. The minimum Gasteiger partial charge on any atom is -0.494 e. The summed E-state index contributed by atoms with van der Waals surface area (Å²) in [6.07, 6.45) is 0. The number of thiocarbonyl (C=S) groups is 1. The molecule has 0 aliphatic rings. The summed E-state index contributed by atoms with van der Waals surface area (Å²) in [5.74, 6) is 0.430. The normalized spacial score (nSPS) is 10.6. The molecule has 0 unspecified atom stereocenters. The molecule has 150 valence electrons. The Kier molecular flexibility index (Phi) is 6.02. The molecule has 0 spiro atoms. The van der Waals surface area contributed by atoms with Gasteiger partial charge in [-0.05, 0) is 54.2 Å². The molecular formula is C23H19N3O2S2. The van der Waals surface area contributed by atoms with Gasteiger partial charge in [-0.1, -0.05) is 42.5 Å². The number of hydrogen-bond acceptors (Lipinski definition) is 5. The number of nitrogens with one attached hydrogen (secondary N) is 2. The fourth-order valence-electron chi connectivity index (χ4n) is 3.08. The molecule has 0 bridgehead atoms. The van der Waals surface area contributed by atoms with Crippen LogP contribution in [0.2, 0.25) is 0 Å². The van der Waals surface area contributed by atoms with Crippen molar-refractivity contribution < 1.29 is 9.53 Å². The molecule has 0 atom stereocenters. The monoisotopic (exact) mass is 433 g/mol. The van der Waals surface area contributed by atoms with Crippen LogP contribution in [0.15, 0.2) is 72.1 Å². The third-order valence-corrected chi connectivity index (χ3v) is 5.41. The smallest absolute Gasteiger partial charge is 0.257 e. The summed E-state index contributed by atoms with van der Waals surface area (Å²) in [4.78, 5) is 17.0. The highest BCUT2D eigenvalue weighted by Gasteiger charge is 2.11. The quantitative estimate of drug-likeness (QED) is 0.408. The molecule has 7 heteroatoms. The maximum absolute atomic E-state index is 12.4. The minimum absolute atomic E-state index is 0.202. The van der Waals surface area contributed by atoms with Crippen LogP contribution in [0.5, 0.6) is 5.75 Å². The van der Waals surface area contributed by atoms with Crippen molar-refractivity contribution in [1.82, 2.24) is 10.3 Å². The summed E-state index contributed by atoms with van der Waals surface area (Å²) in [7, 11) is 0. The number of fused-ring (bicyclic) bond motifs is 1. The second-order valence-corrected chi connectivity index (χ2v) is 7.70. The third kappa shape index (κ3) is 4.48. The van der Waals surface area contributed by atoms with Crippen molar-refractivity contribution in [2.45, 2.75) is 6.92 Å². The van der Waals surface area contributed by atoms with Crippen LogP contribution >= 0.6 is 23.6 Å². The van der Waals surface area contributed by atoms with Gasteiger partial charge in [0.2, 0.25) is 0 Å². The molecule has 0 aliphatic heterocycles. The lowest BCUT2D eigenvalue weighted by Gasteiger charge is -2.08. The Hall–Kier alpha value is -3.29. The molecule has 2 N–H and O–H groups in total. The number of benzene rings is 3. The van der Waals surface area contributed by atoms with E-state index in [0.717, 1.165) is 27.8 Å². The van der Waals surface area contributed by atoms with Crippen molar-refractivity contribution in [3.8, 4) is 17.0 Å². The molecule has 0 saturated heterocycles. The Morgan fingerprint density at radius 2 is 1.83 bits per heavy atom. The van der Waals surface area contributed by atoms with E-state index < -0.39 is 0 Å². The maximum atomic E-state index is 12.4. The van der Waals surface area contributed by atoms with Crippen LogP contribution in [-0.2, 0) is 0 Å². The summed E-state index contributed by atoms with van der Waals surface area (Å²) in [6.45, 7) is 2.49. The Balaban J connectivity index is 1.43. The van der Waals surface area contributed by atoms with Gasteiger partial charge in [0.05, 0.1) is 12.3 Å². The third-order valence-electron chi connectivity index (χ3n) is 4.44. The zero-order valence-electron chi connectivity index (χ0n) is 16.2. The Labute approximate surface area is 183 Å². The van der Waals surface area contributed by atoms with Crippen LogP contribution < -0.4 is 15.4 Å². The van der Waals surface area contributed by atoms with Crippen LogP contribution in [0.1, 0.15) is 17.3 Å². The summed E-state index contributed by atoms with van der Waals surface area (Å²) >= 11 is 6.72. The Morgan fingerprint density at radius 1 is 1.07 bits per heavy atom. The molecule has 4 aromatic rings. The van der Waals surface area contributed by atoms with Crippen molar-refractivity contribution in [2.24, 2.45) is 0 Å². The molecule has 1 amide bonds. The lowest BCUT2D eigenvalue weighted by Crippen LogP contribution is -2.34. The van der Waals surface area contributed by atoms with Gasteiger partial charge in [-0.15, -0.1) is 11.3 Å². The number of rotatable bonds is 5. The van der Waals surface area contributed by atoms with E-state index >= 15 is 0 Å². The first kappa shape index (κ1) is 20.0. The van der Waals surface area contributed by atoms with Crippen LogP contribution in [0.3, 0.4) is 0 Å². The number of carbonyl (C=O) groups excluding carboxylic acids is 1. The highest BCUT2D eigenvalue weighted by molar-refractivity contribution is 7.80. The van der Waals surface area contributed by atoms with Crippen LogP contribution in [0.25, 0.3) is 22.0 Å². The summed E-state index contributed by atoms with van der Waals surface area (Å²) in [5.41, 5.74) is 2.42. The Morgan fingerprint density at radius 3 is 2.63 bits per heavy atom. The van der Waals surface area contributed by atoms with Gasteiger partial charge in [0.15, 0.2) is 10.2 Å². The number of aromatic nitrogens is 1. The molecule has 0 radical (unpaired) electrons. The fraction of sp³-hybridized carbons (Fsp3) is 0.0870. The largest absolute Gasteiger partial charge is 0.494 e. The van der Waals surface area contributed by atoms with Gasteiger partial charge in [0, 0.05) is 16.5 Å². The zero-order valence-corrected chi connectivity index (χ0v) is 17.8. The lowest BCUT2D eigenvalue weighted by molar-refractivity contribution is 0.0977. The predicted molar refractivity (Wildman–Crippen MR) is 126 cm³/mol. The number of amides is 1. The number of anilines is 1. The SMILES string of the molecule is CCOc1ccc(C(=O)NC(=S)Nc2nc(-c3cccc4ccccc34)cs2)cc1. The number of carbonyl (C=O) groups is 1. The number of hydrogen-bond donors (Lipinski definition) is 2. The highest BCUT2D eigenvalue weighted by atomic mass is 32.1. The molecule has 0 fully saturated rings. The van der Waals surface area contributed by atoms with Crippen LogP contribution in [0, 0.1) is 0 Å². The zero-order chi connectivity index (χ0) is 20.9. The fourth-order valence-corrected chi connectivity index (χ4v) is 4.05. The maximum Gasteiger partial charge on any atom is 0.257 e. The van der Waals surface area contributed by atoms with Crippen LogP contribution in [0.4, 0.5) is 5.13 Å². The van der Waals surface area contributed by atoms with Crippen molar-refractivity contribution in [2.75, 3.05) is 11.9 Å². The first-order valence-electron chi connectivity index (χ1n) is 9.43. The van der Waals surface area contributed by atoms with E-state index in [1.807, 2.05) is 36.6 Å². The summed E-state index contributed by atoms with van der Waals surface area (Å²) < 4.78 is 5.39. The second-order valence-electron chi connectivity index (χ2n) is 6.43. The van der Waals surface area contributed by atoms with Crippen molar-refractivity contribution >= 4 is 50.5 Å². The number of thiazole rings is 1. The number of nitrogens with zero attached hydrogens (tertiary/aromatic N) is 1. The van der Waals surface area contributed by atoms with Crippen molar-refractivity contribution in [3.63, 3.8) is 0 Å². The van der Waals surface area contributed by atoms with E-state index in [1.165, 1.54) is 11.3 Å². The molecule has 0 aliphatic carbocycles. The Bertz CT molecular complexity index is 1200. The first-order chi connectivity index (χ1) is 14.6. The first-order valence-corrected chi connectivity index (χ1v) is 10.7. The second kappa shape index (κ2) is 9.02. The average Bonchev–Trinajstić information content (AvgIpc) is 3.22. The van der Waals surface area contributed by atoms with Gasteiger partial charge in [0.25, 0.3) is 5.91 Å². The van der Waals surface area contributed by atoms with Gasteiger partial charge in [-0.3, -0.25) is 10.1 Å². The van der Waals surface area contributed by atoms with Gasteiger partial charge in [-0.25, -0.2) is 4.98 Å². The summed E-state index contributed by atoms with van der Waals surface area (Å²) in [5, 5.41) is 10.8. The molecule has 0 saturated carbocycles. The molecule has 3 aromatic carbocycles. The van der Waals surface area contributed by atoms with Gasteiger partial charge in [0.1, 0.15) is 5.75 Å².